The van der Waals surface area contributed by atoms with Crippen molar-refractivity contribution in [1.29, 1.82) is 0 Å². The first-order valence-electron chi connectivity index (χ1n) is 6.09. The average Bonchev–Trinajstić information content (AvgIpc) is 2.39. The molecule has 0 bridgehead atoms. The molecule has 1 saturated heterocycles. The van der Waals surface area contributed by atoms with Gasteiger partial charge in [-0.05, 0) is 36.8 Å². The SMILES string of the molecule is CC(C(=O)O)c1ccccc1C1CCOCC1. The van der Waals surface area contributed by atoms with Crippen molar-refractivity contribution in [1.82, 2.24) is 0 Å². The summed E-state index contributed by atoms with van der Waals surface area (Å²) in [4.78, 5) is 11.1. The third kappa shape index (κ3) is 2.67. The monoisotopic (exact) mass is 234 g/mol. The molecule has 1 atom stereocenters. The number of hydrogen-bond donors (Lipinski definition) is 1. The van der Waals surface area contributed by atoms with Crippen LogP contribution in [0.25, 0.3) is 0 Å². The molecule has 0 saturated carbocycles. The van der Waals surface area contributed by atoms with E-state index in [9.17, 15) is 4.79 Å². The minimum absolute atomic E-state index is 0.436. The average molecular weight is 234 g/mol. The smallest absolute Gasteiger partial charge is 0.310 e. The van der Waals surface area contributed by atoms with Crippen molar-refractivity contribution in [3.63, 3.8) is 0 Å². The molecule has 1 fully saturated rings. The van der Waals surface area contributed by atoms with Gasteiger partial charge in [-0.1, -0.05) is 24.3 Å². The number of hydrogen-bond acceptors (Lipinski definition) is 2. The van der Waals surface area contributed by atoms with E-state index in [2.05, 4.69) is 6.07 Å². The van der Waals surface area contributed by atoms with Crippen molar-refractivity contribution in [3.8, 4) is 0 Å². The Morgan fingerprint density at radius 3 is 2.65 bits per heavy atom. The topological polar surface area (TPSA) is 46.5 Å². The number of carboxylic acid groups (broad SMARTS) is 1. The van der Waals surface area contributed by atoms with Gasteiger partial charge in [0.2, 0.25) is 0 Å². The number of carbonyl (C=O) groups is 1. The van der Waals surface area contributed by atoms with E-state index in [1.807, 2.05) is 18.2 Å². The van der Waals surface area contributed by atoms with Crippen molar-refractivity contribution in [2.24, 2.45) is 0 Å². The molecule has 1 aliphatic heterocycles. The second-order valence-corrected chi connectivity index (χ2v) is 4.58. The van der Waals surface area contributed by atoms with Gasteiger partial charge in [0.15, 0.2) is 0 Å². The molecular weight excluding hydrogens is 216 g/mol. The molecule has 0 aromatic heterocycles. The van der Waals surface area contributed by atoms with Crippen LogP contribution in [0.15, 0.2) is 24.3 Å². The predicted molar refractivity (Wildman–Crippen MR) is 65.3 cm³/mol. The van der Waals surface area contributed by atoms with E-state index >= 15 is 0 Å². The Kier molecular flexibility index (Phi) is 3.79. The number of benzene rings is 1. The van der Waals surface area contributed by atoms with E-state index in [1.54, 1.807) is 6.92 Å². The van der Waals surface area contributed by atoms with Crippen LogP contribution in [0.5, 0.6) is 0 Å². The van der Waals surface area contributed by atoms with Gasteiger partial charge in [0.1, 0.15) is 0 Å². The first-order chi connectivity index (χ1) is 8.20. The maximum absolute atomic E-state index is 11.1. The lowest BCUT2D eigenvalue weighted by atomic mass is 9.84. The summed E-state index contributed by atoms with van der Waals surface area (Å²) in [5.74, 6) is -0.750. The van der Waals surface area contributed by atoms with Crippen molar-refractivity contribution in [2.45, 2.75) is 31.6 Å². The summed E-state index contributed by atoms with van der Waals surface area (Å²) in [6, 6.07) is 7.90. The molecule has 0 radical (unpaired) electrons. The number of aliphatic carboxylic acids is 1. The van der Waals surface area contributed by atoms with Crippen molar-refractivity contribution >= 4 is 5.97 Å². The maximum atomic E-state index is 11.1. The molecule has 1 aliphatic rings. The quantitative estimate of drug-likeness (QED) is 0.874. The van der Waals surface area contributed by atoms with Gasteiger partial charge in [0, 0.05) is 13.2 Å². The van der Waals surface area contributed by atoms with Gasteiger partial charge < -0.3 is 9.84 Å². The fourth-order valence-electron chi connectivity index (χ4n) is 2.42. The Hall–Kier alpha value is -1.35. The van der Waals surface area contributed by atoms with Crippen LogP contribution in [-0.2, 0) is 9.53 Å². The summed E-state index contributed by atoms with van der Waals surface area (Å²) in [6.07, 6.45) is 1.98. The zero-order valence-electron chi connectivity index (χ0n) is 10.1. The van der Waals surface area contributed by atoms with Crippen LogP contribution in [0.1, 0.15) is 42.7 Å². The highest BCUT2D eigenvalue weighted by molar-refractivity contribution is 5.76. The lowest BCUT2D eigenvalue weighted by Crippen LogP contribution is -2.17. The minimum atomic E-state index is -0.760. The Bertz CT molecular complexity index is 394. The van der Waals surface area contributed by atoms with E-state index < -0.39 is 11.9 Å². The molecule has 0 aliphatic carbocycles. The van der Waals surface area contributed by atoms with Crippen LogP contribution in [0.3, 0.4) is 0 Å². The molecule has 1 unspecified atom stereocenters. The second kappa shape index (κ2) is 5.32. The first-order valence-corrected chi connectivity index (χ1v) is 6.09. The molecular formula is C14H18O3. The summed E-state index contributed by atoms with van der Waals surface area (Å²) in [6.45, 7) is 3.31. The van der Waals surface area contributed by atoms with Gasteiger partial charge in [-0.25, -0.2) is 0 Å². The molecule has 3 nitrogen and oxygen atoms in total. The number of carboxylic acids is 1. The molecule has 1 heterocycles. The Morgan fingerprint density at radius 2 is 2.00 bits per heavy atom. The lowest BCUT2D eigenvalue weighted by Gasteiger charge is -2.25. The normalized spacial score (nSPS) is 18.9. The number of rotatable bonds is 3. The van der Waals surface area contributed by atoms with Gasteiger partial charge in [0.25, 0.3) is 0 Å². The molecule has 0 spiro atoms. The van der Waals surface area contributed by atoms with Gasteiger partial charge in [-0.15, -0.1) is 0 Å². The minimum Gasteiger partial charge on any atom is -0.481 e. The third-order valence-corrected chi connectivity index (χ3v) is 3.49. The Balaban J connectivity index is 2.29. The molecule has 3 heteroatoms. The second-order valence-electron chi connectivity index (χ2n) is 4.58. The van der Waals surface area contributed by atoms with E-state index in [1.165, 1.54) is 5.56 Å². The molecule has 0 amide bonds. The van der Waals surface area contributed by atoms with Crippen LogP contribution >= 0.6 is 0 Å². The molecule has 17 heavy (non-hydrogen) atoms. The van der Waals surface area contributed by atoms with Crippen molar-refractivity contribution in [3.05, 3.63) is 35.4 Å². The highest BCUT2D eigenvalue weighted by Gasteiger charge is 2.23. The fraction of sp³-hybridized carbons (Fsp3) is 0.500. The van der Waals surface area contributed by atoms with Crippen LogP contribution in [0, 0.1) is 0 Å². The zero-order valence-corrected chi connectivity index (χ0v) is 10.1. The summed E-state index contributed by atoms with van der Waals surface area (Å²) in [7, 11) is 0. The van der Waals surface area contributed by atoms with E-state index in [4.69, 9.17) is 9.84 Å². The first kappa shape index (κ1) is 12.1. The zero-order chi connectivity index (χ0) is 12.3. The Labute approximate surface area is 101 Å². The number of ether oxygens (including phenoxy) is 1. The van der Waals surface area contributed by atoms with E-state index in [0.717, 1.165) is 31.6 Å². The van der Waals surface area contributed by atoms with Crippen molar-refractivity contribution in [2.75, 3.05) is 13.2 Å². The van der Waals surface area contributed by atoms with Gasteiger partial charge >= 0.3 is 5.97 Å². The molecule has 2 rings (SSSR count). The van der Waals surface area contributed by atoms with Crippen molar-refractivity contribution < 1.29 is 14.6 Å². The van der Waals surface area contributed by atoms with Gasteiger partial charge in [0.05, 0.1) is 5.92 Å². The van der Waals surface area contributed by atoms with Crippen LogP contribution in [0.2, 0.25) is 0 Å². The molecule has 1 aromatic rings. The summed E-state index contributed by atoms with van der Waals surface area (Å²) in [5.41, 5.74) is 2.14. The standard InChI is InChI=1S/C14H18O3/c1-10(14(15)16)12-4-2-3-5-13(12)11-6-8-17-9-7-11/h2-5,10-11H,6-9H2,1H3,(H,15,16). The summed E-state index contributed by atoms with van der Waals surface area (Å²) in [5, 5.41) is 9.13. The highest BCUT2D eigenvalue weighted by Crippen LogP contribution is 2.32. The summed E-state index contributed by atoms with van der Waals surface area (Å²) < 4.78 is 5.35. The van der Waals surface area contributed by atoms with Crippen LogP contribution in [-0.4, -0.2) is 24.3 Å². The summed E-state index contributed by atoms with van der Waals surface area (Å²) >= 11 is 0. The van der Waals surface area contributed by atoms with Crippen LogP contribution in [0.4, 0.5) is 0 Å². The van der Waals surface area contributed by atoms with E-state index in [-0.39, 0.29) is 0 Å². The Morgan fingerprint density at radius 1 is 1.35 bits per heavy atom. The third-order valence-electron chi connectivity index (χ3n) is 3.49. The fourth-order valence-corrected chi connectivity index (χ4v) is 2.42. The van der Waals surface area contributed by atoms with E-state index in [0.29, 0.717) is 5.92 Å². The largest absolute Gasteiger partial charge is 0.481 e. The lowest BCUT2D eigenvalue weighted by molar-refractivity contribution is -0.138. The maximum Gasteiger partial charge on any atom is 0.310 e. The van der Waals surface area contributed by atoms with Gasteiger partial charge in [-0.2, -0.15) is 0 Å². The van der Waals surface area contributed by atoms with Gasteiger partial charge in [-0.3, -0.25) is 4.79 Å². The van der Waals surface area contributed by atoms with Crippen LogP contribution < -0.4 is 0 Å². The molecule has 1 aromatic carbocycles. The predicted octanol–water partition coefficient (Wildman–Crippen LogP) is 2.77. The molecule has 92 valence electrons. The highest BCUT2D eigenvalue weighted by atomic mass is 16.5. The molecule has 1 N–H and O–H groups in total.